The predicted octanol–water partition coefficient (Wildman–Crippen LogP) is 3.55. The van der Waals surface area contributed by atoms with Gasteiger partial charge in [-0.3, -0.25) is 4.79 Å². The Morgan fingerprint density at radius 2 is 2.17 bits per heavy atom. The number of imidazole rings is 1. The second-order valence-electron chi connectivity index (χ2n) is 7.31. The number of nitrogens with zero attached hydrogens (tertiary/aromatic N) is 2. The van der Waals surface area contributed by atoms with Gasteiger partial charge in [-0.1, -0.05) is 38.6 Å². The highest BCUT2D eigenvalue weighted by Crippen LogP contribution is 2.31. The lowest BCUT2D eigenvalue weighted by Crippen LogP contribution is -2.39. The van der Waals surface area contributed by atoms with Crippen molar-refractivity contribution in [3.8, 4) is 11.8 Å². The molecule has 3 rings (SSSR count). The van der Waals surface area contributed by atoms with Crippen LogP contribution >= 0.6 is 8.58 Å². The lowest BCUT2D eigenvalue weighted by molar-refractivity contribution is -0.110. The molecule has 2 aromatic rings. The van der Waals surface area contributed by atoms with Crippen LogP contribution in [0.4, 0.5) is 0 Å². The van der Waals surface area contributed by atoms with Crippen molar-refractivity contribution < 1.29 is 9.90 Å². The van der Waals surface area contributed by atoms with E-state index in [0.29, 0.717) is 26.4 Å². The van der Waals surface area contributed by atoms with E-state index in [1.807, 2.05) is 10.8 Å². The van der Waals surface area contributed by atoms with Crippen LogP contribution in [-0.2, 0) is 11.3 Å². The number of amides is 1. The number of hydrogen-bond donors (Lipinski definition) is 2. The van der Waals surface area contributed by atoms with Gasteiger partial charge in [-0.25, -0.2) is 4.98 Å². The highest BCUT2D eigenvalue weighted by Gasteiger charge is 2.26. The van der Waals surface area contributed by atoms with E-state index in [0.717, 1.165) is 37.8 Å². The summed E-state index contributed by atoms with van der Waals surface area (Å²) in [6, 6.07) is 8.74. The van der Waals surface area contributed by atoms with Crippen LogP contribution in [0.25, 0.3) is 5.31 Å². The van der Waals surface area contributed by atoms with Crippen molar-refractivity contribution in [1.29, 1.82) is 0 Å². The zero-order valence-electron chi connectivity index (χ0n) is 16.9. The van der Waals surface area contributed by atoms with Crippen molar-refractivity contribution in [1.82, 2.24) is 14.9 Å². The van der Waals surface area contributed by atoms with Crippen LogP contribution < -0.4 is 5.32 Å². The molecule has 0 bridgehead atoms. The van der Waals surface area contributed by atoms with E-state index in [4.69, 9.17) is 0 Å². The van der Waals surface area contributed by atoms with Gasteiger partial charge in [-0.15, -0.1) is 0 Å². The summed E-state index contributed by atoms with van der Waals surface area (Å²) in [5, 5.41) is 13.9. The van der Waals surface area contributed by atoms with E-state index in [-0.39, 0.29) is 0 Å². The minimum Gasteiger partial charge on any atom is -0.385 e. The Hall–Kier alpha value is -2.41. The van der Waals surface area contributed by atoms with Gasteiger partial charge in [0.15, 0.2) is 0 Å². The SMILES string of the molecule is CP/C(=C\CCn1ccnc1[C@H](C)O)c1ccc(C#CC2CC(NC=O)C2)cc1. The Kier molecular flexibility index (Phi) is 7.63. The molecule has 1 aromatic heterocycles. The maximum absolute atomic E-state index is 10.4. The summed E-state index contributed by atoms with van der Waals surface area (Å²) in [7, 11) is 0.709. The fourth-order valence-corrected chi connectivity index (χ4v) is 4.28. The van der Waals surface area contributed by atoms with Crippen molar-refractivity contribution in [2.24, 2.45) is 5.92 Å². The van der Waals surface area contributed by atoms with Crippen molar-refractivity contribution in [3.63, 3.8) is 0 Å². The molecule has 2 atom stereocenters. The molecular weight excluding hydrogens is 381 g/mol. The number of aryl methyl sites for hydroxylation is 1. The summed E-state index contributed by atoms with van der Waals surface area (Å²) in [5.41, 5.74) is 2.26. The monoisotopic (exact) mass is 409 g/mol. The first kappa shape index (κ1) is 21.3. The molecule has 0 radical (unpaired) electrons. The number of aromatic nitrogens is 2. The lowest BCUT2D eigenvalue weighted by Gasteiger charge is -2.30. The fraction of sp³-hybridized carbons (Fsp3) is 0.391. The maximum atomic E-state index is 10.4. The molecule has 1 saturated carbocycles. The summed E-state index contributed by atoms with van der Waals surface area (Å²) in [4.78, 5) is 14.6. The van der Waals surface area contributed by atoms with Gasteiger partial charge in [0.1, 0.15) is 11.9 Å². The van der Waals surface area contributed by atoms with E-state index in [2.05, 4.69) is 59.1 Å². The van der Waals surface area contributed by atoms with Crippen molar-refractivity contribution in [2.45, 2.75) is 44.9 Å². The van der Waals surface area contributed by atoms with Gasteiger partial charge < -0.3 is 15.0 Å². The smallest absolute Gasteiger partial charge is 0.207 e. The van der Waals surface area contributed by atoms with Crippen LogP contribution in [0.15, 0.2) is 42.7 Å². The molecule has 1 amide bonds. The third-order valence-corrected chi connectivity index (χ3v) is 6.20. The third kappa shape index (κ3) is 5.79. The number of nitrogens with one attached hydrogen (secondary N) is 1. The molecule has 29 heavy (non-hydrogen) atoms. The van der Waals surface area contributed by atoms with Crippen LogP contribution in [0.2, 0.25) is 0 Å². The molecule has 0 aliphatic heterocycles. The number of carbonyl (C=O) groups is 1. The molecule has 0 saturated heterocycles. The molecule has 1 aromatic carbocycles. The molecule has 152 valence electrons. The van der Waals surface area contributed by atoms with Crippen molar-refractivity contribution >= 4 is 20.3 Å². The topological polar surface area (TPSA) is 67.2 Å². The Bertz CT molecular complexity index is 900. The van der Waals surface area contributed by atoms with Crippen LogP contribution in [0, 0.1) is 17.8 Å². The molecule has 5 nitrogen and oxygen atoms in total. The summed E-state index contributed by atoms with van der Waals surface area (Å²) in [6.45, 7) is 4.74. The number of allylic oxidation sites excluding steroid dienone is 1. The Balaban J connectivity index is 1.57. The molecule has 1 fully saturated rings. The number of aliphatic hydroxyl groups is 1. The molecule has 6 heteroatoms. The van der Waals surface area contributed by atoms with Crippen LogP contribution in [-0.4, -0.2) is 33.8 Å². The van der Waals surface area contributed by atoms with E-state index in [1.54, 1.807) is 13.1 Å². The molecule has 1 heterocycles. The molecule has 2 N–H and O–H groups in total. The van der Waals surface area contributed by atoms with Gasteiger partial charge in [0, 0.05) is 36.5 Å². The molecule has 1 unspecified atom stereocenters. The fourth-order valence-electron chi connectivity index (χ4n) is 3.48. The molecule has 1 aliphatic rings. The van der Waals surface area contributed by atoms with E-state index in [1.165, 1.54) is 10.9 Å². The highest BCUT2D eigenvalue weighted by atomic mass is 31.1. The van der Waals surface area contributed by atoms with Gasteiger partial charge >= 0.3 is 0 Å². The van der Waals surface area contributed by atoms with Gasteiger partial charge in [0.25, 0.3) is 0 Å². The van der Waals surface area contributed by atoms with Crippen LogP contribution in [0.1, 0.15) is 49.2 Å². The van der Waals surface area contributed by atoms with Gasteiger partial charge in [-0.2, -0.15) is 0 Å². The zero-order chi connectivity index (χ0) is 20.6. The van der Waals surface area contributed by atoms with Crippen molar-refractivity contribution in [2.75, 3.05) is 6.66 Å². The van der Waals surface area contributed by atoms with Gasteiger partial charge in [0.2, 0.25) is 6.41 Å². The minimum absolute atomic E-state index is 0.298. The molecule has 1 aliphatic carbocycles. The predicted molar refractivity (Wildman–Crippen MR) is 119 cm³/mol. The van der Waals surface area contributed by atoms with Crippen LogP contribution in [0.3, 0.4) is 0 Å². The minimum atomic E-state index is -0.553. The summed E-state index contributed by atoms with van der Waals surface area (Å²) in [5.74, 6) is 7.65. The standard InChI is InChI=1S/C23H28N3O2P/c1-17(28)23-24-11-13-26(23)12-3-4-22(29-2)20-9-7-18(8-10-20)5-6-19-14-21(15-19)25-16-27/h4,7-11,13,16-17,19,21,28-29H,3,12,14-15H2,1-2H3,(H,25,27)/b22-4-/t17-,19?,21?/m0/s1. The molecule has 0 spiro atoms. The maximum Gasteiger partial charge on any atom is 0.207 e. The average molecular weight is 409 g/mol. The average Bonchev–Trinajstić information content (AvgIpc) is 3.16. The molecular formula is C23H28N3O2P. The Morgan fingerprint density at radius 1 is 1.41 bits per heavy atom. The van der Waals surface area contributed by atoms with E-state index >= 15 is 0 Å². The first-order valence-electron chi connectivity index (χ1n) is 9.99. The number of rotatable bonds is 8. The largest absolute Gasteiger partial charge is 0.385 e. The Morgan fingerprint density at radius 3 is 2.83 bits per heavy atom. The lowest BCUT2D eigenvalue weighted by atomic mass is 9.81. The summed E-state index contributed by atoms with van der Waals surface area (Å²) in [6.07, 6.45) is 8.93. The number of carbonyl (C=O) groups excluding carboxylic acids is 1. The normalized spacial score (nSPS) is 20.0. The summed E-state index contributed by atoms with van der Waals surface area (Å²) < 4.78 is 2.01. The third-order valence-electron chi connectivity index (χ3n) is 5.17. The Labute approximate surface area is 174 Å². The van der Waals surface area contributed by atoms with Gasteiger partial charge in [-0.05, 0) is 55.9 Å². The van der Waals surface area contributed by atoms with E-state index < -0.39 is 6.10 Å². The van der Waals surface area contributed by atoms with Crippen molar-refractivity contribution in [3.05, 3.63) is 59.7 Å². The second-order valence-corrected chi connectivity index (χ2v) is 8.35. The quantitative estimate of drug-likeness (QED) is 0.398. The highest BCUT2D eigenvalue weighted by molar-refractivity contribution is 7.49. The first-order valence-corrected chi connectivity index (χ1v) is 11.5. The summed E-state index contributed by atoms with van der Waals surface area (Å²) >= 11 is 0. The number of benzene rings is 1. The zero-order valence-corrected chi connectivity index (χ0v) is 17.9. The number of aliphatic hydroxyl groups excluding tert-OH is 1. The van der Waals surface area contributed by atoms with Crippen LogP contribution in [0.5, 0.6) is 0 Å². The first-order chi connectivity index (χ1) is 14.1. The van der Waals surface area contributed by atoms with E-state index in [9.17, 15) is 9.90 Å². The van der Waals surface area contributed by atoms with Gasteiger partial charge in [0.05, 0.1) is 0 Å². The number of hydrogen-bond acceptors (Lipinski definition) is 3. The second kappa shape index (κ2) is 10.4.